The topological polar surface area (TPSA) is 92.2 Å². The van der Waals surface area contributed by atoms with Gasteiger partial charge in [-0.15, -0.1) is 0 Å². The second kappa shape index (κ2) is 17.6. The molecule has 19 heavy (non-hydrogen) atoms. The van der Waals surface area contributed by atoms with Crippen molar-refractivity contribution >= 4 is 9.05 Å². The molecule has 0 aromatic heterocycles. The minimum Gasteiger partial charge on any atom is -0.894 e. The van der Waals surface area contributed by atoms with Gasteiger partial charge in [-0.05, 0) is 18.4 Å². The van der Waals surface area contributed by atoms with Crippen LogP contribution in [0.1, 0.15) is 30.9 Å². The standard InChI is InChI=1S/C10H14.4Na.O4Si/c1-8(2)10-6-4-9(3)5-7-10;;;;;1-5(2,3)4/h4-8H,1-3H3;;;;;/q;4*+1;-4. The van der Waals surface area contributed by atoms with Crippen molar-refractivity contribution in [2.45, 2.75) is 26.7 Å². The zero-order chi connectivity index (χ0) is 12.1. The maximum Gasteiger partial charge on any atom is 1.00 e. The van der Waals surface area contributed by atoms with Crippen molar-refractivity contribution in [1.82, 2.24) is 0 Å². The van der Waals surface area contributed by atoms with Gasteiger partial charge < -0.3 is 28.2 Å². The van der Waals surface area contributed by atoms with Crippen LogP contribution in [0.2, 0.25) is 0 Å². The molecule has 0 N–H and O–H groups in total. The number of benzene rings is 1. The molecule has 9 heteroatoms. The van der Waals surface area contributed by atoms with Crippen LogP contribution in [0.5, 0.6) is 0 Å². The largest absolute Gasteiger partial charge is 1.00 e. The van der Waals surface area contributed by atoms with Gasteiger partial charge in [0.1, 0.15) is 0 Å². The van der Waals surface area contributed by atoms with Gasteiger partial charge in [0.2, 0.25) is 0 Å². The monoisotopic (exact) mass is 318 g/mol. The van der Waals surface area contributed by atoms with Crippen LogP contribution < -0.4 is 137 Å². The van der Waals surface area contributed by atoms with E-state index in [-0.39, 0.29) is 118 Å². The molecule has 0 aliphatic rings. The van der Waals surface area contributed by atoms with E-state index in [0.29, 0.717) is 5.92 Å². The third kappa shape index (κ3) is 26.5. The normalized spacial score (nSPS) is 8.63. The van der Waals surface area contributed by atoms with Crippen LogP contribution in [-0.2, 0) is 0 Å². The molecule has 0 saturated heterocycles. The van der Waals surface area contributed by atoms with Gasteiger partial charge in [-0.1, -0.05) is 43.7 Å². The second-order valence-electron chi connectivity index (χ2n) is 3.57. The predicted octanol–water partition coefficient (Wildman–Crippen LogP) is -14.0. The molecule has 1 aromatic rings. The summed E-state index contributed by atoms with van der Waals surface area (Å²) in [5, 5.41) is 0. The van der Waals surface area contributed by atoms with Crippen molar-refractivity contribution in [2.75, 3.05) is 0 Å². The maximum atomic E-state index is 8.58. The Bertz CT molecular complexity index is 285. The van der Waals surface area contributed by atoms with E-state index in [4.69, 9.17) is 19.2 Å². The first kappa shape index (κ1) is 33.8. The van der Waals surface area contributed by atoms with Crippen LogP contribution in [0.25, 0.3) is 0 Å². The molecule has 0 saturated carbocycles. The number of rotatable bonds is 1. The Hall–Kier alpha value is 3.28. The quantitative estimate of drug-likeness (QED) is 0.481. The van der Waals surface area contributed by atoms with E-state index in [1.807, 2.05) is 0 Å². The maximum absolute atomic E-state index is 8.58. The summed E-state index contributed by atoms with van der Waals surface area (Å²) in [5.41, 5.74) is 2.76. The van der Waals surface area contributed by atoms with Crippen molar-refractivity contribution in [1.29, 1.82) is 0 Å². The van der Waals surface area contributed by atoms with Gasteiger partial charge in [0.05, 0.1) is 0 Å². The van der Waals surface area contributed by atoms with E-state index in [1.165, 1.54) is 11.1 Å². The minimum atomic E-state index is -5.61. The van der Waals surface area contributed by atoms with Crippen LogP contribution >= 0.6 is 0 Å². The minimum absolute atomic E-state index is 0. The SMILES string of the molecule is Cc1ccc(C(C)C)cc1.[Na+].[Na+].[Na+].[Na+].[O-][Si]([O-])([O-])[O-]. The fraction of sp³-hybridized carbons (Fsp3) is 0.400. The molecule has 0 amide bonds. The van der Waals surface area contributed by atoms with E-state index in [0.717, 1.165) is 0 Å². The van der Waals surface area contributed by atoms with E-state index < -0.39 is 9.05 Å². The van der Waals surface area contributed by atoms with Gasteiger partial charge in [-0.25, -0.2) is 0 Å². The van der Waals surface area contributed by atoms with E-state index in [1.54, 1.807) is 0 Å². The molecule has 0 spiro atoms. The van der Waals surface area contributed by atoms with Gasteiger partial charge in [-0.3, -0.25) is 0 Å². The molecule has 0 unspecified atom stereocenters. The molecule has 4 nitrogen and oxygen atoms in total. The van der Waals surface area contributed by atoms with Crippen LogP contribution in [0.3, 0.4) is 0 Å². The molecule has 0 aliphatic carbocycles. The summed E-state index contributed by atoms with van der Waals surface area (Å²) in [6.45, 7) is 6.54. The average Bonchev–Trinajstić information content (AvgIpc) is 2.01. The van der Waals surface area contributed by atoms with E-state index in [2.05, 4.69) is 45.0 Å². The Morgan fingerprint density at radius 1 is 0.789 bits per heavy atom. The summed E-state index contributed by atoms with van der Waals surface area (Å²) >= 11 is 0. The molecule has 0 heterocycles. The Morgan fingerprint density at radius 3 is 1.26 bits per heavy atom. The van der Waals surface area contributed by atoms with Gasteiger partial charge in [0.25, 0.3) is 0 Å². The molecule has 0 fully saturated rings. The zero-order valence-electron chi connectivity index (χ0n) is 13.0. The van der Waals surface area contributed by atoms with Crippen molar-refractivity contribution in [2.24, 2.45) is 0 Å². The smallest absolute Gasteiger partial charge is 0.894 e. The van der Waals surface area contributed by atoms with Gasteiger partial charge in [-0.2, -0.15) is 0 Å². The van der Waals surface area contributed by atoms with Crippen molar-refractivity contribution in [3.8, 4) is 0 Å². The molecule has 1 aromatic carbocycles. The third-order valence-corrected chi connectivity index (χ3v) is 1.74. The zero-order valence-corrected chi connectivity index (χ0v) is 22.0. The molecule has 0 aliphatic heterocycles. The number of hydrogen-bond acceptors (Lipinski definition) is 4. The van der Waals surface area contributed by atoms with Crippen molar-refractivity contribution in [3.05, 3.63) is 35.4 Å². The second-order valence-corrected chi connectivity index (χ2v) is 4.57. The summed E-state index contributed by atoms with van der Waals surface area (Å²) < 4.78 is 0. The van der Waals surface area contributed by atoms with E-state index >= 15 is 0 Å². The number of hydrogen-bond donors (Lipinski definition) is 0. The fourth-order valence-electron chi connectivity index (χ4n) is 0.951. The van der Waals surface area contributed by atoms with Crippen LogP contribution in [0.4, 0.5) is 0 Å². The van der Waals surface area contributed by atoms with Crippen molar-refractivity contribution in [3.63, 3.8) is 0 Å². The summed E-state index contributed by atoms with van der Waals surface area (Å²) in [5.74, 6) is 0.653. The first-order valence-corrected chi connectivity index (χ1v) is 6.21. The summed E-state index contributed by atoms with van der Waals surface area (Å²) in [4.78, 5) is 34.3. The average molecular weight is 318 g/mol. The third-order valence-electron chi connectivity index (χ3n) is 1.74. The Morgan fingerprint density at radius 2 is 1.05 bits per heavy atom. The first-order valence-electron chi connectivity index (χ1n) is 4.58. The van der Waals surface area contributed by atoms with Gasteiger partial charge in [0.15, 0.2) is 0 Å². The summed E-state index contributed by atoms with van der Waals surface area (Å²) in [7, 11) is -5.61. The fourth-order valence-corrected chi connectivity index (χ4v) is 0.951. The molecular formula is C10H14Na4O4Si. The number of aryl methyl sites for hydroxylation is 1. The van der Waals surface area contributed by atoms with Crippen LogP contribution in [0, 0.1) is 6.92 Å². The molecular weight excluding hydrogens is 304 g/mol. The Balaban J connectivity index is -0.0000000652. The first-order chi connectivity index (χ1) is 6.70. The summed E-state index contributed by atoms with van der Waals surface area (Å²) in [6.07, 6.45) is 0. The van der Waals surface area contributed by atoms with Crippen LogP contribution in [-0.4, -0.2) is 9.05 Å². The van der Waals surface area contributed by atoms with Crippen molar-refractivity contribution < 1.29 is 137 Å². The van der Waals surface area contributed by atoms with Crippen LogP contribution in [0.15, 0.2) is 24.3 Å². The van der Waals surface area contributed by atoms with Gasteiger partial charge in [0, 0.05) is 0 Å². The van der Waals surface area contributed by atoms with Gasteiger partial charge >= 0.3 is 118 Å². The molecule has 86 valence electrons. The Kier molecular flexibility index (Phi) is 31.3. The Labute approximate surface area is 205 Å². The predicted molar refractivity (Wildman–Crippen MR) is 51.0 cm³/mol. The summed E-state index contributed by atoms with van der Waals surface area (Å²) in [6, 6.07) is 8.71. The molecule has 0 atom stereocenters. The van der Waals surface area contributed by atoms with E-state index in [9.17, 15) is 0 Å². The molecule has 0 radical (unpaired) electrons. The molecule has 0 bridgehead atoms. The molecule has 1 rings (SSSR count).